The van der Waals surface area contributed by atoms with Gasteiger partial charge >= 0.3 is 51.4 Å². The first kappa shape index (κ1) is 51.5. The van der Waals surface area contributed by atoms with Crippen LogP contribution in [-0.4, -0.2) is 42.4 Å². The molecule has 0 bridgehead atoms. The zero-order chi connectivity index (χ0) is 44.1. The number of nitrogens with zero attached hydrogens (tertiary/aromatic N) is 3. The number of benzene rings is 3. The van der Waals surface area contributed by atoms with Crippen molar-refractivity contribution in [2.24, 2.45) is 9.81 Å². The SMILES string of the molecule is CCC(C)(C)c1ccc(OCCCC(=O)Nc2ccc(Cl)c(NC(=O)[C-](C(=O)C(C)(C)C)n3nc(C(C)C)s/c3=N\S(=O)(=O)c3ccc(C)cc3)c2)c(C(C)(C)CC)c1.[K+]. The average molecular weight is 905 g/mol. The van der Waals surface area contributed by atoms with Crippen LogP contribution in [0.1, 0.15) is 129 Å². The van der Waals surface area contributed by atoms with Crippen LogP contribution in [0, 0.1) is 18.4 Å². The fraction of sp³-hybridized carbons (Fsp3) is 0.467. The molecule has 4 aromatic rings. The summed E-state index contributed by atoms with van der Waals surface area (Å²) in [5.74, 6) is -1.13. The maximum atomic E-state index is 14.2. The van der Waals surface area contributed by atoms with Crippen molar-refractivity contribution in [3.05, 3.63) is 98.2 Å². The number of carbonyl (C=O) groups is 3. The van der Waals surface area contributed by atoms with Crippen LogP contribution in [0.2, 0.25) is 5.02 Å². The van der Waals surface area contributed by atoms with Gasteiger partial charge in [0, 0.05) is 35.0 Å². The molecule has 11 nitrogen and oxygen atoms in total. The van der Waals surface area contributed by atoms with Gasteiger partial charge in [0.25, 0.3) is 10.0 Å². The van der Waals surface area contributed by atoms with E-state index >= 15 is 0 Å². The summed E-state index contributed by atoms with van der Waals surface area (Å²) in [6, 6.07) is 16.8. The van der Waals surface area contributed by atoms with Gasteiger partial charge in [-0.25, -0.2) is 12.8 Å². The third-order valence-corrected chi connectivity index (χ3v) is 13.4. The van der Waals surface area contributed by atoms with E-state index in [0.29, 0.717) is 23.7 Å². The van der Waals surface area contributed by atoms with Crippen LogP contribution in [0.5, 0.6) is 5.75 Å². The van der Waals surface area contributed by atoms with Gasteiger partial charge in [-0.15, -0.1) is 0 Å². The number of hydrogen-bond donors (Lipinski definition) is 2. The number of halogens is 1. The molecule has 0 aliphatic heterocycles. The van der Waals surface area contributed by atoms with Crippen LogP contribution in [0.3, 0.4) is 0 Å². The Hall–Kier alpha value is -2.82. The Labute approximate surface area is 408 Å². The first-order valence-electron chi connectivity index (χ1n) is 20.0. The minimum absolute atomic E-state index is 0. The molecular formula is C45H59ClKN5O6S2. The molecule has 60 heavy (non-hydrogen) atoms. The van der Waals surface area contributed by atoms with Crippen molar-refractivity contribution in [1.29, 1.82) is 0 Å². The largest absolute Gasteiger partial charge is 1.00 e. The third-order valence-electron chi connectivity index (χ3n) is 10.5. The number of aryl methyl sites for hydroxylation is 1. The van der Waals surface area contributed by atoms with Crippen molar-refractivity contribution in [2.75, 3.05) is 17.2 Å². The molecule has 0 unspecified atom stereocenters. The van der Waals surface area contributed by atoms with Crippen LogP contribution >= 0.6 is 22.9 Å². The number of sulfonamides is 1. The Balaban J connectivity index is 0.00000961. The second kappa shape index (κ2) is 21.0. The zero-order valence-corrected chi connectivity index (χ0v) is 42.9. The molecule has 15 heteroatoms. The number of hydrogen-bond acceptors (Lipinski definition) is 8. The first-order chi connectivity index (χ1) is 27.4. The van der Waals surface area contributed by atoms with Crippen LogP contribution in [0.25, 0.3) is 0 Å². The molecule has 0 saturated heterocycles. The van der Waals surface area contributed by atoms with Crippen LogP contribution in [-0.2, 0) is 35.2 Å². The number of carbonyl (C=O) groups excluding carboxylic acids is 3. The Bertz CT molecular complexity index is 2350. The summed E-state index contributed by atoms with van der Waals surface area (Å²) in [5.41, 5.74) is 2.62. The van der Waals surface area contributed by atoms with E-state index in [1.807, 2.05) is 26.8 Å². The van der Waals surface area contributed by atoms with E-state index < -0.39 is 33.2 Å². The van der Waals surface area contributed by atoms with Gasteiger partial charge in [-0.2, -0.15) is 16.4 Å². The maximum absolute atomic E-state index is 14.2. The van der Waals surface area contributed by atoms with Gasteiger partial charge < -0.3 is 24.8 Å². The molecular weight excluding hydrogens is 845 g/mol. The average Bonchev–Trinajstić information content (AvgIpc) is 3.57. The molecule has 1 aromatic heterocycles. The quantitative estimate of drug-likeness (QED) is 0.0496. The van der Waals surface area contributed by atoms with E-state index in [2.05, 4.69) is 73.8 Å². The van der Waals surface area contributed by atoms with Crippen LogP contribution in [0.4, 0.5) is 11.4 Å². The van der Waals surface area contributed by atoms with Crippen molar-refractivity contribution >= 4 is 61.9 Å². The van der Waals surface area contributed by atoms with Gasteiger partial charge in [0.05, 0.1) is 32.0 Å². The number of aromatic nitrogens is 2. The van der Waals surface area contributed by atoms with E-state index in [0.717, 1.165) is 45.7 Å². The number of ketones is 1. The van der Waals surface area contributed by atoms with Crippen LogP contribution in [0.15, 0.2) is 70.0 Å². The number of anilines is 2. The van der Waals surface area contributed by atoms with E-state index in [4.69, 9.17) is 16.3 Å². The molecule has 2 N–H and O–H groups in total. The molecule has 320 valence electrons. The second-order valence-corrected chi connectivity index (χ2v) is 20.4. The Morgan fingerprint density at radius 3 is 2.13 bits per heavy atom. The van der Waals surface area contributed by atoms with E-state index in [1.165, 1.54) is 29.8 Å². The summed E-state index contributed by atoms with van der Waals surface area (Å²) < 4.78 is 38.3. The topological polar surface area (TPSA) is 149 Å². The summed E-state index contributed by atoms with van der Waals surface area (Å²) in [4.78, 5) is 41.1. The summed E-state index contributed by atoms with van der Waals surface area (Å²) in [7, 11) is -4.26. The number of nitrogens with one attached hydrogen (secondary N) is 2. The maximum Gasteiger partial charge on any atom is 1.00 e. The van der Waals surface area contributed by atoms with Gasteiger partial charge in [-0.3, -0.25) is 9.59 Å². The number of amides is 2. The summed E-state index contributed by atoms with van der Waals surface area (Å²) in [5, 5.41) is 10.7. The van der Waals surface area contributed by atoms with Gasteiger partial charge in [-0.1, -0.05) is 118 Å². The van der Waals surface area contributed by atoms with E-state index in [9.17, 15) is 22.8 Å². The molecule has 0 saturated carbocycles. The van der Waals surface area contributed by atoms with Crippen molar-refractivity contribution in [1.82, 2.24) is 9.78 Å². The van der Waals surface area contributed by atoms with Crippen molar-refractivity contribution < 1.29 is 78.9 Å². The van der Waals surface area contributed by atoms with Gasteiger partial charge in [0.1, 0.15) is 11.5 Å². The normalized spacial score (nSPS) is 12.5. The Kier molecular flexibility index (Phi) is 18.1. The number of Topliss-reactive ketones (excluding diaryl/α,β-unsaturated/α-hetero) is 1. The summed E-state index contributed by atoms with van der Waals surface area (Å²) in [6.45, 7) is 24.1. The van der Waals surface area contributed by atoms with Crippen LogP contribution < -0.4 is 71.6 Å². The molecule has 3 aromatic carbocycles. The smallest absolute Gasteiger partial charge is 0.493 e. The predicted octanol–water partition coefficient (Wildman–Crippen LogP) is 7.13. The van der Waals surface area contributed by atoms with Gasteiger partial charge in [0.15, 0.2) is 5.91 Å². The molecule has 0 atom stereocenters. The molecule has 4 rings (SSSR count). The van der Waals surface area contributed by atoms with Crippen molar-refractivity contribution in [3.8, 4) is 5.75 Å². The third kappa shape index (κ3) is 13.1. The van der Waals surface area contributed by atoms with Crippen molar-refractivity contribution in [3.63, 3.8) is 0 Å². The van der Waals surface area contributed by atoms with E-state index in [-0.39, 0.29) is 101 Å². The van der Waals surface area contributed by atoms with Crippen molar-refractivity contribution in [2.45, 2.75) is 130 Å². The molecule has 0 aliphatic rings. The minimum Gasteiger partial charge on any atom is -0.493 e. The zero-order valence-electron chi connectivity index (χ0n) is 37.4. The predicted molar refractivity (Wildman–Crippen MR) is 238 cm³/mol. The number of ether oxygens (including phenoxy) is 1. The molecule has 2 amide bonds. The second-order valence-electron chi connectivity index (χ2n) is 17.4. The molecule has 0 aliphatic carbocycles. The van der Waals surface area contributed by atoms with Gasteiger partial charge in [0.2, 0.25) is 5.91 Å². The summed E-state index contributed by atoms with van der Waals surface area (Å²) in [6.07, 6.45) is 2.58. The fourth-order valence-electron chi connectivity index (χ4n) is 5.77. The molecule has 0 spiro atoms. The first-order valence-corrected chi connectivity index (χ1v) is 22.6. The number of rotatable bonds is 17. The fourth-order valence-corrected chi connectivity index (χ4v) is 8.01. The van der Waals surface area contributed by atoms with E-state index in [1.54, 1.807) is 39.0 Å². The monoisotopic (exact) mass is 903 g/mol. The Morgan fingerprint density at radius 1 is 0.917 bits per heavy atom. The minimum atomic E-state index is -4.26. The molecule has 1 heterocycles. The Morgan fingerprint density at radius 2 is 1.55 bits per heavy atom. The molecule has 0 radical (unpaired) electrons. The molecule has 0 fully saturated rings. The van der Waals surface area contributed by atoms with Gasteiger partial charge in [-0.05, 0) is 79.0 Å². The summed E-state index contributed by atoms with van der Waals surface area (Å²) >= 11 is 7.51. The standard InChI is InChI=1S/C45H59ClN5O6S2.K/c1-13-44(9,10)30-19-24-36(33(26-30)45(11,12)14-2)57-25-15-16-37(52)47-31-20-23-34(46)35(27-31)48-40(54)38(39(53)43(6,7)8)51-42(58-41(49-51)28(3)4)50-59(55,56)32-21-17-29(5)18-22-32;/h17-24,26-28H,13-16,25H2,1-12H3,(H,47,52)(H,48,54);/q-1;+1/b50-42-;.